The molecule has 2 N–H and O–H groups in total. The van der Waals surface area contributed by atoms with Gasteiger partial charge in [-0.2, -0.15) is 0 Å². The maximum absolute atomic E-state index is 12.3. The number of nitrogens with two attached hydrogens (primary N) is 1. The zero-order valence-electron chi connectivity index (χ0n) is 11.2. The Morgan fingerprint density at radius 2 is 2.19 bits per heavy atom. The minimum atomic E-state index is -0.724. The van der Waals surface area contributed by atoms with Gasteiger partial charge in [0.05, 0.1) is 16.5 Å². The Morgan fingerprint density at radius 3 is 2.95 bits per heavy atom. The third kappa shape index (κ3) is 2.37. The summed E-state index contributed by atoms with van der Waals surface area (Å²) in [4.78, 5) is 39.1. The molecule has 0 saturated heterocycles. The van der Waals surface area contributed by atoms with E-state index in [9.17, 15) is 14.4 Å². The van der Waals surface area contributed by atoms with Gasteiger partial charge in [-0.15, -0.1) is 0 Å². The number of hydrogen-bond acceptors (Lipinski definition) is 5. The van der Waals surface area contributed by atoms with Gasteiger partial charge in [0.2, 0.25) is 0 Å². The van der Waals surface area contributed by atoms with Gasteiger partial charge in [-0.05, 0) is 24.6 Å². The van der Waals surface area contributed by atoms with E-state index in [0.29, 0.717) is 17.4 Å². The van der Waals surface area contributed by atoms with Crippen LogP contribution in [0, 0.1) is 0 Å². The van der Waals surface area contributed by atoms with Crippen LogP contribution in [0.15, 0.2) is 23.0 Å². The SMILES string of the molecule is NC(=O)COC(=O)c1ccc2c(=O)n3c(nc2c1)CCC3. The monoisotopic (exact) mass is 287 g/mol. The van der Waals surface area contributed by atoms with Crippen molar-refractivity contribution in [2.45, 2.75) is 19.4 Å². The lowest BCUT2D eigenvalue weighted by atomic mass is 10.1. The number of amides is 1. The summed E-state index contributed by atoms with van der Waals surface area (Å²) in [5.74, 6) is -0.661. The van der Waals surface area contributed by atoms with Crippen LogP contribution in [0.5, 0.6) is 0 Å². The molecule has 2 heterocycles. The Hall–Kier alpha value is -2.70. The number of rotatable bonds is 3. The normalized spacial score (nSPS) is 13.1. The maximum Gasteiger partial charge on any atom is 0.338 e. The third-order valence-electron chi connectivity index (χ3n) is 3.40. The smallest absolute Gasteiger partial charge is 0.338 e. The second kappa shape index (κ2) is 5.01. The first-order valence-electron chi connectivity index (χ1n) is 6.55. The van der Waals surface area contributed by atoms with Crippen LogP contribution in [0.25, 0.3) is 10.9 Å². The van der Waals surface area contributed by atoms with Gasteiger partial charge in [0, 0.05) is 13.0 Å². The minimum absolute atomic E-state index is 0.0930. The fourth-order valence-electron chi connectivity index (χ4n) is 2.43. The van der Waals surface area contributed by atoms with Gasteiger partial charge >= 0.3 is 5.97 Å². The van der Waals surface area contributed by atoms with Gasteiger partial charge in [0.1, 0.15) is 5.82 Å². The highest BCUT2D eigenvalue weighted by atomic mass is 16.5. The molecule has 0 atom stereocenters. The molecule has 3 rings (SSSR count). The van der Waals surface area contributed by atoms with Gasteiger partial charge in [0.15, 0.2) is 6.61 Å². The van der Waals surface area contributed by atoms with Gasteiger partial charge in [-0.25, -0.2) is 9.78 Å². The second-order valence-corrected chi connectivity index (χ2v) is 4.86. The quantitative estimate of drug-likeness (QED) is 0.799. The summed E-state index contributed by atoms with van der Waals surface area (Å²) < 4.78 is 6.40. The maximum atomic E-state index is 12.3. The summed E-state index contributed by atoms with van der Waals surface area (Å²) in [6.07, 6.45) is 1.65. The van der Waals surface area contributed by atoms with E-state index in [1.807, 2.05) is 0 Å². The number of ether oxygens (including phenoxy) is 1. The summed E-state index contributed by atoms with van der Waals surface area (Å²) in [6.45, 7) is 0.205. The Balaban J connectivity index is 2.01. The molecule has 108 valence electrons. The second-order valence-electron chi connectivity index (χ2n) is 4.86. The highest BCUT2D eigenvalue weighted by Gasteiger charge is 2.17. The molecule has 1 aliphatic rings. The summed E-state index contributed by atoms with van der Waals surface area (Å²) in [6, 6.07) is 4.53. The molecule has 0 spiro atoms. The first kappa shape index (κ1) is 13.3. The van der Waals surface area contributed by atoms with Crippen molar-refractivity contribution in [2.75, 3.05) is 6.61 Å². The molecule has 0 fully saturated rings. The average Bonchev–Trinajstić information content (AvgIpc) is 2.93. The van der Waals surface area contributed by atoms with Crippen molar-refractivity contribution in [2.24, 2.45) is 5.73 Å². The van der Waals surface area contributed by atoms with Crippen molar-refractivity contribution >= 4 is 22.8 Å². The van der Waals surface area contributed by atoms with E-state index in [-0.39, 0.29) is 11.1 Å². The van der Waals surface area contributed by atoms with Crippen LogP contribution < -0.4 is 11.3 Å². The van der Waals surface area contributed by atoms with Crippen molar-refractivity contribution in [3.05, 3.63) is 39.9 Å². The average molecular weight is 287 g/mol. The van der Waals surface area contributed by atoms with Crippen LogP contribution in [0.4, 0.5) is 0 Å². The number of benzene rings is 1. The van der Waals surface area contributed by atoms with Gasteiger partial charge in [-0.3, -0.25) is 14.2 Å². The number of primary amides is 1. The van der Waals surface area contributed by atoms with E-state index >= 15 is 0 Å². The number of carbonyl (C=O) groups excluding carboxylic acids is 2. The lowest BCUT2D eigenvalue weighted by Gasteiger charge is -2.06. The highest BCUT2D eigenvalue weighted by Crippen LogP contribution is 2.16. The zero-order valence-corrected chi connectivity index (χ0v) is 11.2. The fraction of sp³-hybridized carbons (Fsp3) is 0.286. The van der Waals surface area contributed by atoms with Crippen molar-refractivity contribution in [3.8, 4) is 0 Å². The molecule has 7 nitrogen and oxygen atoms in total. The molecular weight excluding hydrogens is 274 g/mol. The van der Waals surface area contributed by atoms with Crippen LogP contribution in [0.1, 0.15) is 22.6 Å². The molecule has 2 aromatic rings. The summed E-state index contributed by atoms with van der Waals surface area (Å²) >= 11 is 0. The lowest BCUT2D eigenvalue weighted by Crippen LogP contribution is -2.22. The number of carbonyl (C=O) groups is 2. The van der Waals surface area contributed by atoms with Gasteiger partial charge in [-0.1, -0.05) is 0 Å². The fourth-order valence-corrected chi connectivity index (χ4v) is 2.43. The van der Waals surface area contributed by atoms with Crippen LogP contribution >= 0.6 is 0 Å². The number of aryl methyl sites for hydroxylation is 1. The molecule has 0 radical (unpaired) electrons. The van der Waals surface area contributed by atoms with Crippen LogP contribution in [-0.4, -0.2) is 28.0 Å². The first-order valence-corrected chi connectivity index (χ1v) is 6.55. The number of hydrogen-bond donors (Lipinski definition) is 1. The molecule has 0 aliphatic carbocycles. The molecule has 1 aromatic heterocycles. The Morgan fingerprint density at radius 1 is 1.38 bits per heavy atom. The number of esters is 1. The molecule has 0 unspecified atom stereocenters. The first-order chi connectivity index (χ1) is 10.1. The van der Waals surface area contributed by atoms with Gasteiger partial charge in [0.25, 0.3) is 11.5 Å². The van der Waals surface area contributed by atoms with Crippen LogP contribution in [0.2, 0.25) is 0 Å². The number of fused-ring (bicyclic) bond motifs is 2. The predicted octanol–water partition coefficient (Wildman–Crippen LogP) is -0.0152. The van der Waals surface area contributed by atoms with Crippen LogP contribution in [0.3, 0.4) is 0 Å². The number of aromatic nitrogens is 2. The Bertz CT molecular complexity index is 810. The predicted molar refractivity (Wildman–Crippen MR) is 73.8 cm³/mol. The lowest BCUT2D eigenvalue weighted by molar-refractivity contribution is -0.121. The minimum Gasteiger partial charge on any atom is -0.452 e. The molecule has 1 aromatic carbocycles. The topological polar surface area (TPSA) is 104 Å². The summed E-state index contributed by atoms with van der Waals surface area (Å²) in [5.41, 5.74) is 5.52. The van der Waals surface area contributed by atoms with Gasteiger partial charge < -0.3 is 10.5 Å². The molecule has 1 aliphatic heterocycles. The molecule has 0 bridgehead atoms. The zero-order chi connectivity index (χ0) is 15.0. The standard InChI is InChI=1S/C14H13N3O4/c15-11(18)7-21-14(20)8-3-4-9-10(6-8)16-12-2-1-5-17(12)13(9)19/h3-4,6H,1-2,5,7H2,(H2,15,18). The van der Waals surface area contributed by atoms with Crippen LogP contribution in [-0.2, 0) is 22.5 Å². The highest BCUT2D eigenvalue weighted by molar-refractivity contribution is 5.95. The molecule has 1 amide bonds. The van der Waals surface area contributed by atoms with E-state index in [2.05, 4.69) is 4.98 Å². The van der Waals surface area contributed by atoms with Crippen molar-refractivity contribution in [1.82, 2.24) is 9.55 Å². The van der Waals surface area contributed by atoms with E-state index in [4.69, 9.17) is 10.5 Å². The Labute approximate surface area is 119 Å². The number of nitrogens with zero attached hydrogens (tertiary/aromatic N) is 2. The third-order valence-corrected chi connectivity index (χ3v) is 3.40. The van der Waals surface area contributed by atoms with Crippen molar-refractivity contribution < 1.29 is 14.3 Å². The largest absolute Gasteiger partial charge is 0.452 e. The van der Waals surface area contributed by atoms with E-state index < -0.39 is 18.5 Å². The van der Waals surface area contributed by atoms with E-state index in [1.54, 1.807) is 10.6 Å². The van der Waals surface area contributed by atoms with E-state index in [1.165, 1.54) is 12.1 Å². The molecule has 0 saturated carbocycles. The van der Waals surface area contributed by atoms with Crippen molar-refractivity contribution in [1.29, 1.82) is 0 Å². The summed E-state index contributed by atoms with van der Waals surface area (Å²) in [7, 11) is 0. The molecular formula is C14H13N3O4. The molecule has 21 heavy (non-hydrogen) atoms. The molecule has 7 heteroatoms. The van der Waals surface area contributed by atoms with E-state index in [0.717, 1.165) is 18.7 Å². The summed E-state index contributed by atoms with van der Waals surface area (Å²) in [5, 5.41) is 0.465. The Kier molecular flexibility index (Phi) is 3.17. The van der Waals surface area contributed by atoms with Crippen molar-refractivity contribution in [3.63, 3.8) is 0 Å².